The van der Waals surface area contributed by atoms with Crippen LogP contribution in [0.1, 0.15) is 43.2 Å². The second-order valence-electron chi connectivity index (χ2n) is 5.46. The predicted molar refractivity (Wildman–Crippen MR) is 73.3 cm³/mol. The molecule has 0 saturated carbocycles. The molecule has 21 heavy (non-hydrogen) atoms. The number of halogens is 2. The van der Waals surface area contributed by atoms with Gasteiger partial charge in [0.1, 0.15) is 15.6 Å². The summed E-state index contributed by atoms with van der Waals surface area (Å²) in [5.74, 6) is -4.43. The molecule has 1 rings (SSSR count). The molecule has 118 valence electrons. The molecule has 0 spiro atoms. The summed E-state index contributed by atoms with van der Waals surface area (Å²) >= 11 is 0.685. The number of carboxylic acids is 1. The molecule has 0 aliphatic carbocycles. The van der Waals surface area contributed by atoms with Gasteiger partial charge in [0.05, 0.1) is 6.42 Å². The van der Waals surface area contributed by atoms with E-state index < -0.39 is 35.7 Å². The summed E-state index contributed by atoms with van der Waals surface area (Å²) in [7, 11) is 0. The van der Waals surface area contributed by atoms with Crippen molar-refractivity contribution in [2.45, 2.75) is 45.6 Å². The largest absolute Gasteiger partial charge is 0.476 e. The summed E-state index contributed by atoms with van der Waals surface area (Å²) in [6.45, 7) is 5.62. The van der Waals surface area contributed by atoms with Crippen molar-refractivity contribution in [3.63, 3.8) is 0 Å². The molecule has 6 nitrogen and oxygen atoms in total. The first-order chi connectivity index (χ1) is 9.37. The minimum absolute atomic E-state index is 0.0778. The summed E-state index contributed by atoms with van der Waals surface area (Å²) in [4.78, 5) is 26.2. The normalized spacial score (nSPS) is 12.1. The van der Waals surface area contributed by atoms with Gasteiger partial charge in [-0.1, -0.05) is 0 Å². The number of hydrogen-bond donors (Lipinski definition) is 2. The van der Waals surface area contributed by atoms with Gasteiger partial charge in [0.25, 0.3) is 5.92 Å². The van der Waals surface area contributed by atoms with Gasteiger partial charge in [-0.2, -0.15) is 0 Å². The standard InChI is InChI=1S/C12H16F2N2O4S/c1-11(2,3)20-10(19)16-8-7(9(17)18)15-6(21-8)5-12(4,13)14/h5H2,1-4H3,(H,16,19)(H,17,18). The van der Waals surface area contributed by atoms with Crippen LogP contribution in [0.5, 0.6) is 0 Å². The molecule has 0 aliphatic rings. The Labute approximate surface area is 124 Å². The number of alkyl halides is 2. The Bertz CT molecular complexity index is 546. The average molecular weight is 322 g/mol. The number of ether oxygens (including phenoxy) is 1. The van der Waals surface area contributed by atoms with Crippen LogP contribution >= 0.6 is 11.3 Å². The van der Waals surface area contributed by atoms with E-state index in [0.717, 1.165) is 0 Å². The second-order valence-corrected chi connectivity index (χ2v) is 6.55. The highest BCUT2D eigenvalue weighted by Gasteiger charge is 2.28. The molecule has 0 aliphatic heterocycles. The molecule has 0 saturated heterocycles. The van der Waals surface area contributed by atoms with Gasteiger partial charge in [-0.25, -0.2) is 23.4 Å². The fraction of sp³-hybridized carbons (Fsp3) is 0.583. The molecule has 0 fully saturated rings. The summed E-state index contributed by atoms with van der Waals surface area (Å²) in [5, 5.41) is 11.0. The Morgan fingerprint density at radius 2 is 1.90 bits per heavy atom. The molecule has 1 heterocycles. The highest BCUT2D eigenvalue weighted by Crippen LogP contribution is 2.29. The van der Waals surface area contributed by atoms with E-state index in [1.807, 2.05) is 0 Å². The van der Waals surface area contributed by atoms with Gasteiger partial charge >= 0.3 is 12.1 Å². The number of anilines is 1. The van der Waals surface area contributed by atoms with Crippen molar-refractivity contribution in [1.29, 1.82) is 0 Å². The van der Waals surface area contributed by atoms with Crippen LogP contribution in [0, 0.1) is 0 Å². The molecule has 0 bridgehead atoms. The zero-order chi connectivity index (χ0) is 16.4. The number of carbonyl (C=O) groups excluding carboxylic acids is 1. The maximum atomic E-state index is 12.9. The fourth-order valence-corrected chi connectivity index (χ4v) is 2.39. The van der Waals surface area contributed by atoms with Crippen molar-refractivity contribution in [3.8, 4) is 0 Å². The number of hydrogen-bond acceptors (Lipinski definition) is 5. The van der Waals surface area contributed by atoms with Crippen molar-refractivity contribution in [2.75, 3.05) is 5.32 Å². The van der Waals surface area contributed by atoms with E-state index in [-0.39, 0.29) is 10.0 Å². The zero-order valence-corrected chi connectivity index (χ0v) is 12.8. The van der Waals surface area contributed by atoms with Gasteiger partial charge in [-0.05, 0) is 27.7 Å². The van der Waals surface area contributed by atoms with E-state index in [9.17, 15) is 18.4 Å². The van der Waals surface area contributed by atoms with Crippen LogP contribution in [0.25, 0.3) is 0 Å². The number of nitrogens with one attached hydrogen (secondary N) is 1. The van der Waals surface area contributed by atoms with Gasteiger partial charge in [0, 0.05) is 0 Å². The molecule has 1 amide bonds. The summed E-state index contributed by atoms with van der Waals surface area (Å²) in [5.41, 5.74) is -1.25. The van der Waals surface area contributed by atoms with E-state index >= 15 is 0 Å². The first-order valence-electron chi connectivity index (χ1n) is 5.98. The van der Waals surface area contributed by atoms with Crippen molar-refractivity contribution < 1.29 is 28.2 Å². The van der Waals surface area contributed by atoms with E-state index in [4.69, 9.17) is 9.84 Å². The molecule has 2 N–H and O–H groups in total. The van der Waals surface area contributed by atoms with Gasteiger partial charge in [0.2, 0.25) is 0 Å². The third-order valence-corrected chi connectivity index (χ3v) is 2.92. The second kappa shape index (κ2) is 5.92. The molecule has 0 atom stereocenters. The number of thiazole rings is 1. The Kier molecular flexibility index (Phi) is 4.87. The molecule has 0 radical (unpaired) electrons. The van der Waals surface area contributed by atoms with E-state index in [2.05, 4.69) is 10.3 Å². The number of amides is 1. The van der Waals surface area contributed by atoms with Crippen LogP contribution in [-0.4, -0.2) is 33.7 Å². The Hall–Kier alpha value is -1.77. The predicted octanol–water partition coefficient (Wildman–Crippen LogP) is 3.39. The minimum atomic E-state index is -3.02. The molecular formula is C12H16F2N2O4S. The highest BCUT2D eigenvalue weighted by atomic mass is 32.1. The van der Waals surface area contributed by atoms with Crippen LogP contribution in [0.15, 0.2) is 0 Å². The number of rotatable bonds is 4. The Morgan fingerprint density at radius 1 is 1.33 bits per heavy atom. The van der Waals surface area contributed by atoms with Crippen molar-refractivity contribution in [3.05, 3.63) is 10.7 Å². The molecule has 9 heteroatoms. The van der Waals surface area contributed by atoms with Gasteiger partial charge in [-0.15, -0.1) is 11.3 Å². The number of aromatic carboxylic acids is 1. The maximum absolute atomic E-state index is 12.9. The Balaban J connectivity index is 2.95. The van der Waals surface area contributed by atoms with Crippen LogP contribution in [0.2, 0.25) is 0 Å². The van der Waals surface area contributed by atoms with Crippen LogP contribution in [-0.2, 0) is 11.2 Å². The summed E-state index contributed by atoms with van der Waals surface area (Å²) in [6, 6.07) is 0. The van der Waals surface area contributed by atoms with E-state index in [1.165, 1.54) is 0 Å². The zero-order valence-electron chi connectivity index (χ0n) is 12.0. The quantitative estimate of drug-likeness (QED) is 0.887. The highest BCUT2D eigenvalue weighted by molar-refractivity contribution is 7.16. The lowest BCUT2D eigenvalue weighted by Crippen LogP contribution is -2.27. The van der Waals surface area contributed by atoms with Crippen molar-refractivity contribution in [2.24, 2.45) is 0 Å². The van der Waals surface area contributed by atoms with Gasteiger partial charge < -0.3 is 9.84 Å². The van der Waals surface area contributed by atoms with Gasteiger partial charge in [-0.3, -0.25) is 5.32 Å². The third-order valence-electron chi connectivity index (χ3n) is 1.95. The van der Waals surface area contributed by atoms with Crippen molar-refractivity contribution >= 4 is 28.4 Å². The van der Waals surface area contributed by atoms with Crippen LogP contribution in [0.4, 0.5) is 18.6 Å². The van der Waals surface area contributed by atoms with E-state index in [1.54, 1.807) is 20.8 Å². The monoisotopic (exact) mass is 322 g/mol. The van der Waals surface area contributed by atoms with Crippen molar-refractivity contribution in [1.82, 2.24) is 4.98 Å². The Morgan fingerprint density at radius 3 is 2.33 bits per heavy atom. The molecule has 1 aromatic heterocycles. The lowest BCUT2D eigenvalue weighted by molar-refractivity contribution is 0.0224. The van der Waals surface area contributed by atoms with Gasteiger partial charge in [0.15, 0.2) is 5.69 Å². The summed E-state index contributed by atoms with van der Waals surface area (Å²) < 4.78 is 30.9. The topological polar surface area (TPSA) is 88.5 Å². The summed E-state index contributed by atoms with van der Waals surface area (Å²) in [6.07, 6.45) is -1.57. The molecule has 1 aromatic rings. The first kappa shape index (κ1) is 17.3. The SMILES string of the molecule is CC(F)(F)Cc1nc(C(=O)O)c(NC(=O)OC(C)(C)C)s1. The number of nitrogens with zero attached hydrogens (tertiary/aromatic N) is 1. The first-order valence-corrected chi connectivity index (χ1v) is 6.80. The number of carboxylic acid groups (broad SMARTS) is 1. The third kappa shape index (κ3) is 6.03. The average Bonchev–Trinajstić information content (AvgIpc) is 2.54. The lowest BCUT2D eigenvalue weighted by Gasteiger charge is -2.19. The fourth-order valence-electron chi connectivity index (χ4n) is 1.33. The molecule has 0 unspecified atom stereocenters. The van der Waals surface area contributed by atoms with Crippen LogP contribution < -0.4 is 5.32 Å². The van der Waals surface area contributed by atoms with E-state index in [0.29, 0.717) is 18.3 Å². The molecular weight excluding hydrogens is 306 g/mol. The minimum Gasteiger partial charge on any atom is -0.476 e. The smallest absolute Gasteiger partial charge is 0.412 e. The number of carbonyl (C=O) groups is 2. The van der Waals surface area contributed by atoms with Crippen LogP contribution in [0.3, 0.4) is 0 Å². The molecule has 0 aromatic carbocycles. The lowest BCUT2D eigenvalue weighted by atomic mass is 10.2. The maximum Gasteiger partial charge on any atom is 0.412 e. The number of aromatic nitrogens is 1.